The maximum Gasteiger partial charge on any atom is 0.271 e. The molecule has 1 atom stereocenters. The number of rotatable bonds is 9. The summed E-state index contributed by atoms with van der Waals surface area (Å²) >= 11 is 1.66. The van der Waals surface area contributed by atoms with Crippen LogP contribution in [-0.4, -0.2) is 49.0 Å². The number of halogens is 2. The van der Waals surface area contributed by atoms with E-state index >= 15 is 0 Å². The van der Waals surface area contributed by atoms with Crippen LogP contribution in [0.1, 0.15) is 18.9 Å². The van der Waals surface area contributed by atoms with Crippen molar-refractivity contribution in [3.05, 3.63) is 71.7 Å². The third-order valence-corrected chi connectivity index (χ3v) is 5.90. The van der Waals surface area contributed by atoms with E-state index < -0.39 is 6.67 Å². The van der Waals surface area contributed by atoms with E-state index in [9.17, 15) is 13.6 Å². The predicted octanol–water partition coefficient (Wildman–Crippen LogP) is 4.49. The molecular formula is C23H26F2N2O2S. The number of nitrogens with one attached hydrogen (secondary N) is 1. The number of carbonyl (C=O) groups excluding carboxylic acids is 1. The topological polar surface area (TPSA) is 41.6 Å². The lowest BCUT2D eigenvalue weighted by atomic mass is 10.1. The average Bonchev–Trinajstić information content (AvgIpc) is 2.77. The van der Waals surface area contributed by atoms with Crippen molar-refractivity contribution in [1.82, 2.24) is 10.2 Å². The summed E-state index contributed by atoms with van der Waals surface area (Å²) < 4.78 is 31.7. The first-order chi connectivity index (χ1) is 14.6. The van der Waals surface area contributed by atoms with Crippen molar-refractivity contribution in [2.45, 2.75) is 18.6 Å². The van der Waals surface area contributed by atoms with Gasteiger partial charge in [-0.1, -0.05) is 37.3 Å². The first-order valence-corrected chi connectivity index (χ1v) is 10.9. The molecule has 0 bridgehead atoms. The van der Waals surface area contributed by atoms with Gasteiger partial charge in [0.05, 0.1) is 6.61 Å². The molecule has 7 heteroatoms. The van der Waals surface area contributed by atoms with Crippen LogP contribution in [0.5, 0.6) is 5.75 Å². The number of carbonyl (C=O) groups is 1. The molecule has 1 N–H and O–H groups in total. The van der Waals surface area contributed by atoms with Gasteiger partial charge in [-0.2, -0.15) is 0 Å². The third-order valence-electron chi connectivity index (χ3n) is 4.66. The largest absolute Gasteiger partial charge is 0.494 e. The highest BCUT2D eigenvalue weighted by atomic mass is 32.2. The van der Waals surface area contributed by atoms with Crippen molar-refractivity contribution in [3.63, 3.8) is 0 Å². The summed E-state index contributed by atoms with van der Waals surface area (Å²) in [7, 11) is 0. The van der Waals surface area contributed by atoms with E-state index in [0.717, 1.165) is 10.5 Å². The Bertz CT molecular complexity index is 859. The maximum absolute atomic E-state index is 13.2. The molecule has 1 aliphatic rings. The molecule has 0 saturated heterocycles. The monoisotopic (exact) mass is 432 g/mol. The van der Waals surface area contributed by atoms with Gasteiger partial charge in [0.25, 0.3) is 5.91 Å². The van der Waals surface area contributed by atoms with E-state index in [0.29, 0.717) is 42.8 Å². The van der Waals surface area contributed by atoms with Crippen molar-refractivity contribution in [2.24, 2.45) is 0 Å². The predicted molar refractivity (Wildman–Crippen MR) is 117 cm³/mol. The Morgan fingerprint density at radius 1 is 1.17 bits per heavy atom. The summed E-state index contributed by atoms with van der Waals surface area (Å²) in [6.07, 6.45) is 0.542. The second kappa shape index (κ2) is 11.0. The Hall–Kier alpha value is -2.54. The lowest BCUT2D eigenvalue weighted by Gasteiger charge is -2.29. The van der Waals surface area contributed by atoms with Crippen LogP contribution in [0.25, 0.3) is 4.91 Å². The molecule has 0 aromatic heterocycles. The minimum Gasteiger partial charge on any atom is -0.494 e. The molecule has 1 aliphatic heterocycles. The van der Waals surface area contributed by atoms with E-state index in [4.69, 9.17) is 4.74 Å². The average molecular weight is 433 g/mol. The number of alkyl halides is 1. The van der Waals surface area contributed by atoms with Gasteiger partial charge in [0, 0.05) is 29.8 Å². The lowest BCUT2D eigenvalue weighted by molar-refractivity contribution is -0.127. The molecule has 1 unspecified atom stereocenters. The van der Waals surface area contributed by atoms with Crippen LogP contribution in [-0.2, 0) is 4.79 Å². The van der Waals surface area contributed by atoms with Gasteiger partial charge in [0.1, 0.15) is 23.9 Å². The quantitative estimate of drug-likeness (QED) is 0.593. The molecule has 0 radical (unpaired) electrons. The fraction of sp³-hybridized carbons (Fsp3) is 0.348. The van der Waals surface area contributed by atoms with Crippen LogP contribution in [0.4, 0.5) is 8.78 Å². The number of hydrogen-bond donors (Lipinski definition) is 1. The summed E-state index contributed by atoms with van der Waals surface area (Å²) in [5.74, 6) is 0.0394. The molecule has 0 spiro atoms. The van der Waals surface area contributed by atoms with Gasteiger partial charge in [-0.05, 0) is 36.2 Å². The third kappa shape index (κ3) is 5.98. The number of thioether (sulfide) groups is 1. The van der Waals surface area contributed by atoms with Crippen LogP contribution in [0.2, 0.25) is 0 Å². The molecule has 30 heavy (non-hydrogen) atoms. The highest BCUT2D eigenvalue weighted by Gasteiger charge is 2.27. The van der Waals surface area contributed by atoms with Crippen molar-refractivity contribution >= 4 is 22.6 Å². The van der Waals surface area contributed by atoms with Gasteiger partial charge in [0.15, 0.2) is 0 Å². The zero-order valence-electron chi connectivity index (χ0n) is 16.9. The van der Waals surface area contributed by atoms with Gasteiger partial charge in [-0.15, -0.1) is 11.8 Å². The van der Waals surface area contributed by atoms with Crippen molar-refractivity contribution in [1.29, 1.82) is 0 Å². The Kier molecular flexibility index (Phi) is 8.13. The van der Waals surface area contributed by atoms with Gasteiger partial charge in [-0.3, -0.25) is 4.79 Å². The SMILES string of the molecule is CC1CNC(C(=O)N(CCF)CCCOc2ccc(F)cc2)=C(c2ccccc2)S1. The molecule has 4 nitrogen and oxygen atoms in total. The maximum atomic E-state index is 13.2. The highest BCUT2D eigenvalue weighted by molar-refractivity contribution is 8.09. The zero-order valence-corrected chi connectivity index (χ0v) is 17.8. The van der Waals surface area contributed by atoms with E-state index in [1.54, 1.807) is 23.9 Å². The summed E-state index contributed by atoms with van der Waals surface area (Å²) in [5.41, 5.74) is 1.50. The summed E-state index contributed by atoms with van der Waals surface area (Å²) in [6.45, 7) is 2.93. The Morgan fingerprint density at radius 3 is 2.60 bits per heavy atom. The van der Waals surface area contributed by atoms with E-state index in [-0.39, 0.29) is 18.3 Å². The Balaban J connectivity index is 1.67. The van der Waals surface area contributed by atoms with Crippen LogP contribution in [0, 0.1) is 5.82 Å². The molecule has 3 rings (SSSR count). The highest BCUT2D eigenvalue weighted by Crippen LogP contribution is 2.36. The number of nitrogens with zero attached hydrogens (tertiary/aromatic N) is 1. The van der Waals surface area contributed by atoms with Crippen molar-refractivity contribution in [3.8, 4) is 5.75 Å². The smallest absolute Gasteiger partial charge is 0.271 e. The molecule has 0 saturated carbocycles. The molecule has 1 amide bonds. The second-order valence-corrected chi connectivity index (χ2v) is 8.47. The fourth-order valence-corrected chi connectivity index (χ4v) is 4.27. The lowest BCUT2D eigenvalue weighted by Crippen LogP contribution is -2.42. The van der Waals surface area contributed by atoms with Crippen LogP contribution in [0.3, 0.4) is 0 Å². The van der Waals surface area contributed by atoms with Crippen LogP contribution < -0.4 is 10.1 Å². The standard InChI is InChI=1S/C23H26F2N2O2S/c1-17-16-26-21(22(30-17)18-6-3-2-4-7-18)23(28)27(14-12-24)13-5-15-29-20-10-8-19(25)9-11-20/h2-4,6-11,17,26H,5,12-16H2,1H3. The number of amides is 1. The molecule has 0 aliphatic carbocycles. The van der Waals surface area contributed by atoms with E-state index in [1.165, 1.54) is 17.0 Å². The first-order valence-electron chi connectivity index (χ1n) is 10.0. The van der Waals surface area contributed by atoms with Gasteiger partial charge in [-0.25, -0.2) is 8.78 Å². The Morgan fingerprint density at radius 2 is 1.90 bits per heavy atom. The van der Waals surface area contributed by atoms with Crippen LogP contribution >= 0.6 is 11.8 Å². The minimum atomic E-state index is -0.609. The van der Waals surface area contributed by atoms with Gasteiger partial charge in [0.2, 0.25) is 0 Å². The molecule has 2 aromatic rings. The normalized spacial score (nSPS) is 16.2. The van der Waals surface area contributed by atoms with Crippen molar-refractivity contribution < 1.29 is 18.3 Å². The number of ether oxygens (including phenoxy) is 1. The summed E-state index contributed by atoms with van der Waals surface area (Å²) in [5, 5.41) is 3.59. The zero-order chi connectivity index (χ0) is 21.3. The molecule has 160 valence electrons. The molecule has 1 heterocycles. The number of hydrogen-bond acceptors (Lipinski definition) is 4. The first kappa shape index (κ1) is 22.2. The molecule has 0 fully saturated rings. The summed E-state index contributed by atoms with van der Waals surface area (Å²) in [4.78, 5) is 15.6. The number of benzene rings is 2. The molecule has 2 aromatic carbocycles. The summed E-state index contributed by atoms with van der Waals surface area (Å²) in [6, 6.07) is 15.6. The van der Waals surface area contributed by atoms with E-state index in [2.05, 4.69) is 12.2 Å². The minimum absolute atomic E-state index is 0.0306. The van der Waals surface area contributed by atoms with Gasteiger partial charge >= 0.3 is 0 Å². The fourth-order valence-electron chi connectivity index (χ4n) is 3.15. The van der Waals surface area contributed by atoms with Crippen LogP contribution in [0.15, 0.2) is 60.3 Å². The van der Waals surface area contributed by atoms with Crippen molar-refractivity contribution in [2.75, 3.05) is 32.9 Å². The van der Waals surface area contributed by atoms with Gasteiger partial charge < -0.3 is 15.0 Å². The van der Waals surface area contributed by atoms with E-state index in [1.807, 2.05) is 30.3 Å². The molecular weight excluding hydrogens is 406 g/mol. The second-order valence-electron chi connectivity index (χ2n) is 7.02. The Labute approximate surface area is 180 Å².